The molecule has 1 fully saturated rings. The monoisotopic (exact) mass is 317 g/mol. The van der Waals surface area contributed by atoms with Gasteiger partial charge in [0.15, 0.2) is 0 Å². The van der Waals surface area contributed by atoms with Crippen LogP contribution in [-0.2, 0) is 4.74 Å². The number of aliphatic hydroxyl groups is 1. The van der Waals surface area contributed by atoms with Gasteiger partial charge in [0.25, 0.3) is 11.5 Å². The SMILES string of the molecule is O=C(c1cncc2c(=O)[nH]ccc12)N1CCCC(OCCO)C1. The molecule has 7 heteroatoms. The van der Waals surface area contributed by atoms with Crippen LogP contribution >= 0.6 is 0 Å². The molecule has 2 N–H and O–H groups in total. The summed E-state index contributed by atoms with van der Waals surface area (Å²) in [6.45, 7) is 1.38. The van der Waals surface area contributed by atoms with Crippen LogP contribution in [-0.4, -0.2) is 58.3 Å². The van der Waals surface area contributed by atoms with Crippen LogP contribution in [0.4, 0.5) is 0 Å². The molecular weight excluding hydrogens is 298 g/mol. The largest absolute Gasteiger partial charge is 0.394 e. The number of carbonyl (C=O) groups excluding carboxylic acids is 1. The van der Waals surface area contributed by atoms with Crippen LogP contribution in [0.5, 0.6) is 0 Å². The molecule has 23 heavy (non-hydrogen) atoms. The van der Waals surface area contributed by atoms with E-state index in [1.54, 1.807) is 11.0 Å². The number of H-pyrrole nitrogens is 1. The van der Waals surface area contributed by atoms with Gasteiger partial charge in [0, 0.05) is 37.1 Å². The van der Waals surface area contributed by atoms with Crippen molar-refractivity contribution in [1.82, 2.24) is 14.9 Å². The minimum Gasteiger partial charge on any atom is -0.394 e. The third-order valence-electron chi connectivity index (χ3n) is 4.04. The first-order valence-corrected chi connectivity index (χ1v) is 7.68. The molecule has 0 spiro atoms. The first-order chi connectivity index (χ1) is 11.2. The average Bonchev–Trinajstić information content (AvgIpc) is 2.59. The first kappa shape index (κ1) is 15.6. The third-order valence-corrected chi connectivity index (χ3v) is 4.04. The molecule has 122 valence electrons. The Morgan fingerprint density at radius 2 is 2.30 bits per heavy atom. The van der Waals surface area contributed by atoms with Gasteiger partial charge in [0.05, 0.1) is 30.3 Å². The highest BCUT2D eigenvalue weighted by Gasteiger charge is 2.26. The second kappa shape index (κ2) is 6.89. The molecule has 1 aliphatic rings. The summed E-state index contributed by atoms with van der Waals surface area (Å²) >= 11 is 0. The zero-order valence-electron chi connectivity index (χ0n) is 12.7. The zero-order chi connectivity index (χ0) is 16.2. The highest BCUT2D eigenvalue weighted by Crippen LogP contribution is 2.19. The summed E-state index contributed by atoms with van der Waals surface area (Å²) in [6, 6.07) is 1.72. The number of aromatic amines is 1. The van der Waals surface area contributed by atoms with Gasteiger partial charge in [-0.1, -0.05) is 0 Å². The number of hydrogen-bond acceptors (Lipinski definition) is 5. The number of rotatable bonds is 4. The van der Waals surface area contributed by atoms with Crippen LogP contribution in [0.25, 0.3) is 10.8 Å². The summed E-state index contributed by atoms with van der Waals surface area (Å²) < 4.78 is 5.54. The predicted octanol–water partition coefficient (Wildman–Crippen LogP) is 0.537. The molecule has 1 saturated heterocycles. The molecule has 0 bridgehead atoms. The smallest absolute Gasteiger partial charge is 0.257 e. The maximum Gasteiger partial charge on any atom is 0.257 e. The molecule has 3 rings (SSSR count). The van der Waals surface area contributed by atoms with E-state index in [9.17, 15) is 9.59 Å². The lowest BCUT2D eigenvalue weighted by Gasteiger charge is -2.32. The van der Waals surface area contributed by atoms with Crippen LogP contribution < -0.4 is 5.56 Å². The number of carbonyl (C=O) groups is 1. The topological polar surface area (TPSA) is 95.5 Å². The van der Waals surface area contributed by atoms with Gasteiger partial charge < -0.3 is 19.7 Å². The molecule has 2 aromatic heterocycles. The van der Waals surface area contributed by atoms with Gasteiger partial charge in [0.2, 0.25) is 0 Å². The number of aromatic nitrogens is 2. The Morgan fingerprint density at radius 3 is 3.13 bits per heavy atom. The van der Waals surface area contributed by atoms with E-state index in [2.05, 4.69) is 9.97 Å². The Morgan fingerprint density at radius 1 is 1.43 bits per heavy atom. The number of aliphatic hydroxyl groups excluding tert-OH is 1. The molecule has 0 saturated carbocycles. The Hall–Kier alpha value is -2.25. The molecule has 0 aromatic carbocycles. The lowest BCUT2D eigenvalue weighted by atomic mass is 10.0. The molecule has 1 unspecified atom stereocenters. The molecular formula is C16H19N3O4. The predicted molar refractivity (Wildman–Crippen MR) is 84.3 cm³/mol. The minimum absolute atomic E-state index is 0.0273. The van der Waals surface area contributed by atoms with Crippen molar-refractivity contribution in [3.63, 3.8) is 0 Å². The van der Waals surface area contributed by atoms with Gasteiger partial charge in [-0.25, -0.2) is 0 Å². The van der Waals surface area contributed by atoms with E-state index < -0.39 is 0 Å². The summed E-state index contributed by atoms with van der Waals surface area (Å²) in [5.74, 6) is -0.147. The second-order valence-electron chi connectivity index (χ2n) is 5.56. The molecule has 2 aromatic rings. The van der Waals surface area contributed by atoms with Crippen molar-refractivity contribution in [3.8, 4) is 0 Å². The van der Waals surface area contributed by atoms with E-state index in [1.807, 2.05) is 0 Å². The van der Waals surface area contributed by atoms with E-state index in [4.69, 9.17) is 9.84 Å². The van der Waals surface area contributed by atoms with Crippen LogP contribution in [0.2, 0.25) is 0 Å². The van der Waals surface area contributed by atoms with Gasteiger partial charge >= 0.3 is 0 Å². The van der Waals surface area contributed by atoms with Crippen LogP contribution in [0.1, 0.15) is 23.2 Å². The maximum absolute atomic E-state index is 12.8. The zero-order valence-corrected chi connectivity index (χ0v) is 12.7. The van der Waals surface area contributed by atoms with Crippen molar-refractivity contribution < 1.29 is 14.6 Å². The van der Waals surface area contributed by atoms with Crippen molar-refractivity contribution in [2.75, 3.05) is 26.3 Å². The van der Waals surface area contributed by atoms with Gasteiger partial charge in [-0.05, 0) is 18.9 Å². The van der Waals surface area contributed by atoms with E-state index in [-0.39, 0.29) is 30.8 Å². The number of amides is 1. The van der Waals surface area contributed by atoms with Crippen molar-refractivity contribution in [2.45, 2.75) is 18.9 Å². The molecule has 3 heterocycles. The Labute approximate surface area is 132 Å². The summed E-state index contributed by atoms with van der Waals surface area (Å²) in [5, 5.41) is 9.86. The number of pyridine rings is 2. The lowest BCUT2D eigenvalue weighted by Crippen LogP contribution is -2.43. The summed E-state index contributed by atoms with van der Waals surface area (Å²) in [4.78, 5) is 33.0. The highest BCUT2D eigenvalue weighted by molar-refractivity contribution is 6.06. The van der Waals surface area contributed by atoms with Crippen molar-refractivity contribution in [2.24, 2.45) is 0 Å². The summed E-state index contributed by atoms with van der Waals surface area (Å²) in [6.07, 6.45) is 6.16. The maximum atomic E-state index is 12.8. The number of nitrogens with zero attached hydrogens (tertiary/aromatic N) is 2. The molecule has 1 aliphatic heterocycles. The van der Waals surface area contributed by atoms with Gasteiger partial charge in [0.1, 0.15) is 0 Å². The van der Waals surface area contributed by atoms with Crippen LogP contribution in [0.15, 0.2) is 29.5 Å². The van der Waals surface area contributed by atoms with Crippen LogP contribution in [0.3, 0.4) is 0 Å². The van der Waals surface area contributed by atoms with E-state index >= 15 is 0 Å². The van der Waals surface area contributed by atoms with Crippen LogP contribution in [0, 0.1) is 0 Å². The highest BCUT2D eigenvalue weighted by atomic mass is 16.5. The summed E-state index contributed by atoms with van der Waals surface area (Å²) in [7, 11) is 0. The average molecular weight is 317 g/mol. The Balaban J connectivity index is 1.86. The number of fused-ring (bicyclic) bond motifs is 1. The molecule has 7 nitrogen and oxygen atoms in total. The normalized spacial score (nSPS) is 18.3. The minimum atomic E-state index is -0.257. The third kappa shape index (κ3) is 3.25. The summed E-state index contributed by atoms with van der Waals surface area (Å²) in [5.41, 5.74) is 0.170. The Kier molecular flexibility index (Phi) is 4.68. The number of hydrogen-bond donors (Lipinski definition) is 2. The molecule has 1 amide bonds. The lowest BCUT2D eigenvalue weighted by molar-refractivity contribution is -0.0110. The number of likely N-dealkylation sites (tertiary alicyclic amines) is 1. The fourth-order valence-electron chi connectivity index (χ4n) is 2.93. The standard InChI is InChI=1S/C16H19N3O4/c20-6-7-23-11-2-1-5-19(10-11)16(22)14-9-17-8-13-12(14)3-4-18-15(13)21/h3-4,8-9,11,20H,1-2,5-7,10H2,(H,18,21). The van der Waals surface area contributed by atoms with E-state index in [0.29, 0.717) is 29.4 Å². The van der Waals surface area contributed by atoms with Gasteiger partial charge in [-0.15, -0.1) is 0 Å². The van der Waals surface area contributed by atoms with E-state index in [1.165, 1.54) is 18.6 Å². The number of ether oxygens (including phenoxy) is 1. The fourth-order valence-corrected chi connectivity index (χ4v) is 2.93. The number of nitrogens with one attached hydrogen (secondary N) is 1. The molecule has 0 aliphatic carbocycles. The number of piperidine rings is 1. The fraction of sp³-hybridized carbons (Fsp3) is 0.438. The van der Waals surface area contributed by atoms with Gasteiger partial charge in [-0.2, -0.15) is 0 Å². The Bertz CT molecular complexity index is 758. The quantitative estimate of drug-likeness (QED) is 0.858. The van der Waals surface area contributed by atoms with Gasteiger partial charge in [-0.3, -0.25) is 14.6 Å². The molecule has 1 atom stereocenters. The molecule has 0 radical (unpaired) electrons. The first-order valence-electron chi connectivity index (χ1n) is 7.68. The van der Waals surface area contributed by atoms with Crippen molar-refractivity contribution >= 4 is 16.7 Å². The van der Waals surface area contributed by atoms with Crippen molar-refractivity contribution in [1.29, 1.82) is 0 Å². The van der Waals surface area contributed by atoms with Crippen molar-refractivity contribution in [3.05, 3.63) is 40.6 Å². The second-order valence-corrected chi connectivity index (χ2v) is 5.56. The van der Waals surface area contributed by atoms with E-state index in [0.717, 1.165) is 12.8 Å².